The third-order valence-corrected chi connectivity index (χ3v) is 3.63. The number of aliphatic hydroxyl groups is 1. The third kappa shape index (κ3) is 4.02. The van der Waals surface area contributed by atoms with Crippen LogP contribution in [0.15, 0.2) is 29.2 Å². The molecule has 0 unspecified atom stereocenters. The Hall–Kier alpha value is -1.07. The number of rotatable bonds is 5. The molecule has 96 valence electrons. The third-order valence-electron chi connectivity index (χ3n) is 2.47. The lowest BCUT2D eigenvalue weighted by Crippen LogP contribution is -2.27. The summed E-state index contributed by atoms with van der Waals surface area (Å²) >= 11 is 0. The molecule has 0 saturated carbocycles. The maximum atomic E-state index is 11.6. The zero-order valence-electron chi connectivity index (χ0n) is 10.4. The van der Waals surface area contributed by atoms with E-state index in [0.717, 1.165) is 0 Å². The van der Waals surface area contributed by atoms with Crippen LogP contribution in [-0.2, 0) is 9.84 Å². The summed E-state index contributed by atoms with van der Waals surface area (Å²) in [7, 11) is -3.23. The van der Waals surface area contributed by atoms with E-state index in [0.29, 0.717) is 12.2 Å². The molecule has 0 aliphatic carbocycles. The lowest BCUT2D eigenvalue weighted by molar-refractivity contribution is 0.171. The second kappa shape index (κ2) is 5.06. The van der Waals surface area contributed by atoms with E-state index in [4.69, 9.17) is 5.11 Å². The van der Waals surface area contributed by atoms with Crippen LogP contribution in [0.1, 0.15) is 13.8 Å². The molecule has 0 saturated heterocycles. The van der Waals surface area contributed by atoms with Crippen molar-refractivity contribution in [2.75, 3.05) is 24.7 Å². The van der Waals surface area contributed by atoms with Crippen LogP contribution in [-0.4, -0.2) is 32.9 Å². The zero-order chi connectivity index (χ0) is 13.1. The molecule has 0 radical (unpaired) electrons. The number of anilines is 1. The lowest BCUT2D eigenvalue weighted by Gasteiger charge is -2.23. The average Bonchev–Trinajstić information content (AvgIpc) is 2.26. The standard InChI is InChI=1S/C12H19NO3S/c1-12(2,9-14)8-13-10-6-4-5-7-11(10)17(3,15)16/h4-7,13-14H,8-9H2,1-3H3. The molecule has 0 spiro atoms. The number of hydrogen-bond acceptors (Lipinski definition) is 4. The maximum absolute atomic E-state index is 11.6. The SMILES string of the molecule is CC(C)(CO)CNc1ccccc1S(C)(=O)=O. The molecule has 0 heterocycles. The fourth-order valence-corrected chi connectivity index (χ4v) is 2.19. The van der Waals surface area contributed by atoms with E-state index in [1.165, 1.54) is 6.26 Å². The van der Waals surface area contributed by atoms with Crippen LogP contribution in [0.25, 0.3) is 0 Å². The second-order valence-electron chi connectivity index (χ2n) is 4.94. The van der Waals surface area contributed by atoms with Gasteiger partial charge in [0, 0.05) is 24.8 Å². The van der Waals surface area contributed by atoms with E-state index < -0.39 is 9.84 Å². The van der Waals surface area contributed by atoms with Crippen LogP contribution < -0.4 is 5.32 Å². The highest BCUT2D eigenvalue weighted by atomic mass is 32.2. The average molecular weight is 257 g/mol. The number of para-hydroxylation sites is 1. The summed E-state index contributed by atoms with van der Waals surface area (Å²) in [6.07, 6.45) is 1.19. The van der Waals surface area contributed by atoms with Gasteiger partial charge < -0.3 is 10.4 Å². The fraction of sp³-hybridized carbons (Fsp3) is 0.500. The van der Waals surface area contributed by atoms with Gasteiger partial charge in [0.05, 0.1) is 10.6 Å². The van der Waals surface area contributed by atoms with Gasteiger partial charge >= 0.3 is 0 Å². The highest BCUT2D eigenvalue weighted by Crippen LogP contribution is 2.22. The Balaban J connectivity index is 2.93. The van der Waals surface area contributed by atoms with Crippen molar-refractivity contribution in [1.82, 2.24) is 0 Å². The number of sulfone groups is 1. The van der Waals surface area contributed by atoms with E-state index in [1.807, 2.05) is 13.8 Å². The Bertz CT molecular complexity index is 480. The quantitative estimate of drug-likeness (QED) is 0.839. The Kier molecular flexibility index (Phi) is 4.16. The first kappa shape index (κ1) is 14.0. The molecule has 0 fully saturated rings. The first-order chi connectivity index (χ1) is 7.76. The zero-order valence-corrected chi connectivity index (χ0v) is 11.2. The summed E-state index contributed by atoms with van der Waals surface area (Å²) in [5, 5.41) is 12.2. The van der Waals surface area contributed by atoms with E-state index in [1.54, 1.807) is 24.3 Å². The van der Waals surface area contributed by atoms with Crippen molar-refractivity contribution in [1.29, 1.82) is 0 Å². The Morgan fingerprint density at radius 1 is 1.29 bits per heavy atom. The van der Waals surface area contributed by atoms with E-state index in [-0.39, 0.29) is 16.9 Å². The first-order valence-electron chi connectivity index (χ1n) is 5.40. The van der Waals surface area contributed by atoms with Crippen LogP contribution in [0.4, 0.5) is 5.69 Å². The van der Waals surface area contributed by atoms with Gasteiger partial charge in [-0.3, -0.25) is 0 Å². The molecule has 0 aliphatic rings. The minimum atomic E-state index is -3.23. The van der Waals surface area contributed by atoms with Gasteiger partial charge in [0.2, 0.25) is 0 Å². The largest absolute Gasteiger partial charge is 0.396 e. The lowest BCUT2D eigenvalue weighted by atomic mass is 9.95. The summed E-state index contributed by atoms with van der Waals surface area (Å²) < 4.78 is 23.1. The Morgan fingerprint density at radius 3 is 2.41 bits per heavy atom. The Labute approximate surface area is 103 Å². The molecular weight excluding hydrogens is 238 g/mol. The highest BCUT2D eigenvalue weighted by Gasteiger charge is 2.18. The summed E-state index contributed by atoms with van der Waals surface area (Å²) in [6.45, 7) is 4.36. The van der Waals surface area contributed by atoms with Crippen molar-refractivity contribution in [3.8, 4) is 0 Å². The molecule has 17 heavy (non-hydrogen) atoms. The van der Waals surface area contributed by atoms with Gasteiger partial charge in [0.25, 0.3) is 0 Å². The molecule has 0 aromatic heterocycles. The van der Waals surface area contributed by atoms with Gasteiger partial charge in [-0.15, -0.1) is 0 Å². The predicted molar refractivity (Wildman–Crippen MR) is 68.9 cm³/mol. The number of nitrogens with one attached hydrogen (secondary N) is 1. The molecule has 0 atom stereocenters. The van der Waals surface area contributed by atoms with Crippen LogP contribution in [0.3, 0.4) is 0 Å². The smallest absolute Gasteiger partial charge is 0.177 e. The van der Waals surface area contributed by atoms with E-state index >= 15 is 0 Å². The topological polar surface area (TPSA) is 66.4 Å². The first-order valence-corrected chi connectivity index (χ1v) is 7.29. The van der Waals surface area contributed by atoms with Gasteiger partial charge in [-0.25, -0.2) is 8.42 Å². The number of hydrogen-bond donors (Lipinski definition) is 2. The van der Waals surface area contributed by atoms with Crippen molar-refractivity contribution < 1.29 is 13.5 Å². The molecule has 0 aliphatic heterocycles. The highest BCUT2D eigenvalue weighted by molar-refractivity contribution is 7.90. The van der Waals surface area contributed by atoms with Crippen molar-refractivity contribution in [3.05, 3.63) is 24.3 Å². The van der Waals surface area contributed by atoms with Crippen LogP contribution in [0, 0.1) is 5.41 Å². The van der Waals surface area contributed by atoms with Crippen molar-refractivity contribution in [2.24, 2.45) is 5.41 Å². The summed E-state index contributed by atoms with van der Waals surface area (Å²) in [5.41, 5.74) is 0.293. The summed E-state index contributed by atoms with van der Waals surface area (Å²) in [6, 6.07) is 6.77. The molecule has 1 aromatic carbocycles. The van der Waals surface area contributed by atoms with Gasteiger partial charge in [0.15, 0.2) is 9.84 Å². The van der Waals surface area contributed by atoms with Gasteiger partial charge in [-0.1, -0.05) is 26.0 Å². The van der Waals surface area contributed by atoms with E-state index in [2.05, 4.69) is 5.32 Å². The molecule has 4 nitrogen and oxygen atoms in total. The predicted octanol–water partition coefficient (Wildman–Crippen LogP) is 1.52. The Morgan fingerprint density at radius 2 is 1.88 bits per heavy atom. The molecule has 2 N–H and O–H groups in total. The monoisotopic (exact) mass is 257 g/mol. The van der Waals surface area contributed by atoms with Crippen LogP contribution in [0.2, 0.25) is 0 Å². The van der Waals surface area contributed by atoms with Crippen LogP contribution >= 0.6 is 0 Å². The van der Waals surface area contributed by atoms with Crippen molar-refractivity contribution in [2.45, 2.75) is 18.7 Å². The number of aliphatic hydroxyl groups excluding tert-OH is 1. The minimum Gasteiger partial charge on any atom is -0.396 e. The summed E-state index contributed by atoms with van der Waals surface area (Å²) in [4.78, 5) is 0.286. The molecule has 0 amide bonds. The number of benzene rings is 1. The van der Waals surface area contributed by atoms with Crippen molar-refractivity contribution >= 4 is 15.5 Å². The molecule has 0 bridgehead atoms. The molecule has 1 aromatic rings. The minimum absolute atomic E-state index is 0.0427. The van der Waals surface area contributed by atoms with Gasteiger partial charge in [-0.2, -0.15) is 0 Å². The molecule has 1 rings (SSSR count). The van der Waals surface area contributed by atoms with Gasteiger partial charge in [-0.05, 0) is 12.1 Å². The summed E-state index contributed by atoms with van der Waals surface area (Å²) in [5.74, 6) is 0. The second-order valence-corrected chi connectivity index (χ2v) is 6.93. The van der Waals surface area contributed by atoms with Crippen LogP contribution in [0.5, 0.6) is 0 Å². The normalized spacial score (nSPS) is 12.5. The molecule has 5 heteroatoms. The van der Waals surface area contributed by atoms with Gasteiger partial charge in [0.1, 0.15) is 0 Å². The maximum Gasteiger partial charge on any atom is 0.177 e. The molecular formula is C12H19NO3S. The van der Waals surface area contributed by atoms with E-state index in [9.17, 15) is 8.42 Å². The van der Waals surface area contributed by atoms with Crippen molar-refractivity contribution in [3.63, 3.8) is 0 Å². The fourth-order valence-electron chi connectivity index (χ4n) is 1.33.